The molecule has 1 atom stereocenters. The van der Waals surface area contributed by atoms with Crippen LogP contribution in [0.15, 0.2) is 36.4 Å². The van der Waals surface area contributed by atoms with Crippen LogP contribution in [0.25, 0.3) is 10.2 Å². The maximum absolute atomic E-state index is 12.7. The zero-order valence-electron chi connectivity index (χ0n) is 16.3. The van der Waals surface area contributed by atoms with E-state index in [-0.39, 0.29) is 10.7 Å². The Morgan fingerprint density at radius 1 is 1.24 bits per heavy atom. The third-order valence-corrected chi connectivity index (χ3v) is 6.43. The van der Waals surface area contributed by atoms with Crippen LogP contribution in [-0.4, -0.2) is 44.3 Å². The zero-order valence-corrected chi connectivity index (χ0v) is 18.7. The van der Waals surface area contributed by atoms with Gasteiger partial charge in [-0.15, -0.1) is 0 Å². The third-order valence-electron chi connectivity index (χ3n) is 4.91. The maximum atomic E-state index is 12.7. The van der Waals surface area contributed by atoms with E-state index in [1.165, 1.54) is 11.3 Å². The number of fused-ring (bicyclic) bond motifs is 1. The Morgan fingerprint density at radius 2 is 1.97 bits per heavy atom. The van der Waals surface area contributed by atoms with E-state index >= 15 is 0 Å². The fourth-order valence-corrected chi connectivity index (χ4v) is 4.63. The number of nitrogens with one attached hydrogen (secondary N) is 1. The monoisotopic (exact) mass is 475 g/mol. The number of amides is 1. The number of methoxy groups -OCH3 is 1. The molecule has 29 heavy (non-hydrogen) atoms. The van der Waals surface area contributed by atoms with Gasteiger partial charge in [0, 0.05) is 23.5 Å². The minimum atomic E-state index is -0.176. The molecule has 1 saturated heterocycles. The van der Waals surface area contributed by atoms with Crippen LogP contribution >= 0.6 is 27.3 Å². The van der Waals surface area contributed by atoms with E-state index in [1.807, 2.05) is 30.3 Å². The molecule has 4 rings (SSSR count). The normalized spacial score (nSPS) is 15.3. The van der Waals surface area contributed by atoms with Crippen LogP contribution in [0.3, 0.4) is 0 Å². The number of hydrogen-bond donors (Lipinski definition) is 1. The van der Waals surface area contributed by atoms with Crippen LogP contribution in [0.4, 0.5) is 10.8 Å². The van der Waals surface area contributed by atoms with Crippen molar-refractivity contribution in [2.45, 2.75) is 11.8 Å². The first kappa shape index (κ1) is 20.1. The van der Waals surface area contributed by atoms with Crippen molar-refractivity contribution >= 4 is 54.2 Å². The van der Waals surface area contributed by atoms with Crippen molar-refractivity contribution in [2.24, 2.45) is 0 Å². The number of carbonyl (C=O) groups excluding carboxylic acids is 1. The molecule has 0 radical (unpaired) electrons. The molecule has 0 bridgehead atoms. The maximum Gasteiger partial charge on any atom is 0.257 e. The number of morpholine rings is 1. The smallest absolute Gasteiger partial charge is 0.257 e. The van der Waals surface area contributed by atoms with Gasteiger partial charge in [0.05, 0.1) is 30.7 Å². The summed E-state index contributed by atoms with van der Waals surface area (Å²) in [5, 5.41) is 3.49. The van der Waals surface area contributed by atoms with Gasteiger partial charge in [0.2, 0.25) is 0 Å². The average Bonchev–Trinajstić information content (AvgIpc) is 3.17. The molecule has 1 fully saturated rings. The zero-order chi connectivity index (χ0) is 20.4. The highest BCUT2D eigenvalue weighted by atomic mass is 79.9. The Hall–Kier alpha value is -2.16. The first-order valence-electron chi connectivity index (χ1n) is 9.42. The SMILES string of the molecule is COc1ccc(N2CCOCC2)c2sc(NC(=O)c3ccc(C(C)Br)cc3)nc12. The number of halogens is 1. The van der Waals surface area contributed by atoms with E-state index in [1.54, 1.807) is 7.11 Å². The van der Waals surface area contributed by atoms with Crippen molar-refractivity contribution in [3.8, 4) is 5.75 Å². The summed E-state index contributed by atoms with van der Waals surface area (Å²) < 4.78 is 12.0. The number of aromatic nitrogens is 1. The minimum Gasteiger partial charge on any atom is -0.494 e. The number of carbonyl (C=O) groups is 1. The van der Waals surface area contributed by atoms with Crippen molar-refractivity contribution in [2.75, 3.05) is 43.6 Å². The molecule has 3 aromatic rings. The lowest BCUT2D eigenvalue weighted by molar-refractivity contribution is 0.102. The molecule has 152 valence electrons. The number of alkyl halides is 1. The standard InChI is InChI=1S/C21H22BrN3O3S/c1-13(22)14-3-5-15(6-4-14)20(26)24-21-23-18-17(27-2)8-7-16(19(18)29-21)25-9-11-28-12-10-25/h3-8,13H,9-12H2,1-2H3,(H,23,24,26). The van der Waals surface area contributed by atoms with E-state index in [9.17, 15) is 4.79 Å². The summed E-state index contributed by atoms with van der Waals surface area (Å²) in [6.45, 7) is 5.13. The van der Waals surface area contributed by atoms with Crippen molar-refractivity contribution in [3.63, 3.8) is 0 Å². The largest absolute Gasteiger partial charge is 0.494 e. The topological polar surface area (TPSA) is 63.7 Å². The molecule has 2 aromatic carbocycles. The second-order valence-corrected chi connectivity index (χ2v) is 9.15. The van der Waals surface area contributed by atoms with Crippen LogP contribution < -0.4 is 15.0 Å². The molecule has 1 aromatic heterocycles. The Labute approximate surface area is 182 Å². The highest BCUT2D eigenvalue weighted by molar-refractivity contribution is 9.09. The van der Waals surface area contributed by atoms with Gasteiger partial charge in [0.15, 0.2) is 5.13 Å². The van der Waals surface area contributed by atoms with Crippen molar-refractivity contribution in [1.82, 2.24) is 4.98 Å². The molecule has 2 heterocycles. The number of nitrogens with zero attached hydrogens (tertiary/aromatic N) is 2. The quantitative estimate of drug-likeness (QED) is 0.534. The Morgan fingerprint density at radius 3 is 2.62 bits per heavy atom. The van der Waals surface area contributed by atoms with E-state index in [2.05, 4.69) is 44.1 Å². The van der Waals surface area contributed by atoms with Gasteiger partial charge in [-0.25, -0.2) is 4.98 Å². The molecule has 1 amide bonds. The average molecular weight is 476 g/mol. The summed E-state index contributed by atoms with van der Waals surface area (Å²) in [7, 11) is 1.63. The fourth-order valence-electron chi connectivity index (χ4n) is 3.31. The molecule has 0 spiro atoms. The molecule has 8 heteroatoms. The number of thiazole rings is 1. The van der Waals surface area contributed by atoms with Gasteiger partial charge >= 0.3 is 0 Å². The van der Waals surface area contributed by atoms with Gasteiger partial charge in [-0.1, -0.05) is 39.4 Å². The fraction of sp³-hybridized carbons (Fsp3) is 0.333. The number of ether oxygens (including phenoxy) is 2. The molecule has 0 saturated carbocycles. The second kappa shape index (κ2) is 8.69. The van der Waals surface area contributed by atoms with Crippen LogP contribution in [-0.2, 0) is 4.74 Å². The van der Waals surface area contributed by atoms with Crippen molar-refractivity contribution < 1.29 is 14.3 Å². The van der Waals surface area contributed by atoms with E-state index in [4.69, 9.17) is 9.47 Å². The first-order valence-corrected chi connectivity index (χ1v) is 11.2. The minimum absolute atomic E-state index is 0.176. The van der Waals surface area contributed by atoms with E-state index in [0.29, 0.717) is 29.7 Å². The van der Waals surface area contributed by atoms with E-state index in [0.717, 1.165) is 34.6 Å². The summed E-state index contributed by atoms with van der Waals surface area (Å²) in [5.74, 6) is 0.522. The van der Waals surface area contributed by atoms with Crippen LogP contribution in [0, 0.1) is 0 Å². The van der Waals surface area contributed by atoms with E-state index < -0.39 is 0 Å². The lowest BCUT2D eigenvalue weighted by Gasteiger charge is -2.29. The molecular weight excluding hydrogens is 454 g/mol. The van der Waals surface area contributed by atoms with Gasteiger partial charge in [-0.05, 0) is 36.8 Å². The lowest BCUT2D eigenvalue weighted by atomic mass is 10.1. The van der Waals surface area contributed by atoms with Gasteiger partial charge in [0.25, 0.3) is 5.91 Å². The predicted octanol–water partition coefficient (Wildman–Crippen LogP) is 4.85. The van der Waals surface area contributed by atoms with Crippen LogP contribution in [0.5, 0.6) is 5.75 Å². The number of hydrogen-bond acceptors (Lipinski definition) is 6. The highest BCUT2D eigenvalue weighted by Gasteiger charge is 2.20. The van der Waals surface area contributed by atoms with Gasteiger partial charge in [0.1, 0.15) is 11.3 Å². The van der Waals surface area contributed by atoms with Gasteiger partial charge < -0.3 is 14.4 Å². The van der Waals surface area contributed by atoms with Crippen LogP contribution in [0.1, 0.15) is 27.7 Å². The molecule has 1 aliphatic heterocycles. The summed E-state index contributed by atoms with van der Waals surface area (Å²) in [6.07, 6.45) is 0. The summed E-state index contributed by atoms with van der Waals surface area (Å²) in [6, 6.07) is 11.5. The molecule has 1 N–H and O–H groups in total. The molecular formula is C21H22BrN3O3S. The summed E-state index contributed by atoms with van der Waals surface area (Å²) in [4.78, 5) is 19.9. The third kappa shape index (κ3) is 4.24. The molecule has 1 aliphatic rings. The lowest BCUT2D eigenvalue weighted by Crippen LogP contribution is -2.36. The number of benzene rings is 2. The Kier molecular flexibility index (Phi) is 6.03. The highest BCUT2D eigenvalue weighted by Crippen LogP contribution is 2.39. The molecule has 6 nitrogen and oxygen atoms in total. The molecule has 0 aliphatic carbocycles. The van der Waals surface area contributed by atoms with Crippen molar-refractivity contribution in [3.05, 3.63) is 47.5 Å². The number of anilines is 2. The second-order valence-electron chi connectivity index (χ2n) is 6.78. The first-order chi connectivity index (χ1) is 14.1. The number of rotatable bonds is 5. The Balaban J connectivity index is 1.62. The van der Waals surface area contributed by atoms with Crippen LogP contribution in [0.2, 0.25) is 0 Å². The van der Waals surface area contributed by atoms with Gasteiger partial charge in [-0.3, -0.25) is 10.1 Å². The predicted molar refractivity (Wildman–Crippen MR) is 121 cm³/mol. The summed E-state index contributed by atoms with van der Waals surface area (Å²) in [5.41, 5.74) is 3.58. The van der Waals surface area contributed by atoms with Crippen molar-refractivity contribution in [1.29, 1.82) is 0 Å². The summed E-state index contributed by atoms with van der Waals surface area (Å²) >= 11 is 5.00. The van der Waals surface area contributed by atoms with Gasteiger partial charge in [-0.2, -0.15) is 0 Å². The molecule has 1 unspecified atom stereocenters. The Bertz CT molecular complexity index is 1010.